The normalized spacial score (nSPS) is 17.2. The van der Waals surface area contributed by atoms with Gasteiger partial charge in [-0.2, -0.15) is 0 Å². The highest BCUT2D eigenvalue weighted by Crippen LogP contribution is 2.36. The van der Waals surface area contributed by atoms with E-state index in [1.54, 1.807) is 18.2 Å². The summed E-state index contributed by atoms with van der Waals surface area (Å²) in [5.74, 6) is -0.168. The van der Waals surface area contributed by atoms with E-state index in [2.05, 4.69) is 25.5 Å². The first-order valence-electron chi connectivity index (χ1n) is 9.39. The van der Waals surface area contributed by atoms with Crippen LogP contribution in [0.2, 0.25) is 0 Å². The Hall–Kier alpha value is -3.09. The van der Waals surface area contributed by atoms with Crippen LogP contribution >= 0.6 is 0 Å². The molecule has 0 saturated carbocycles. The van der Waals surface area contributed by atoms with E-state index in [1.165, 1.54) is 30.3 Å². The average Bonchev–Trinajstić information content (AvgIpc) is 2.63. The van der Waals surface area contributed by atoms with Gasteiger partial charge in [0, 0.05) is 6.42 Å². The molecule has 2 N–H and O–H groups in total. The number of allylic oxidation sites excluding steroid dienone is 2. The van der Waals surface area contributed by atoms with Crippen LogP contribution in [0.5, 0.6) is 17.2 Å². The lowest BCUT2D eigenvalue weighted by molar-refractivity contribution is -0.274. The minimum Gasteiger partial charge on any atom is -0.508 e. The van der Waals surface area contributed by atoms with Crippen LogP contribution in [0.25, 0.3) is 11.1 Å². The summed E-state index contributed by atoms with van der Waals surface area (Å²) in [4.78, 5) is 0. The molecule has 0 bridgehead atoms. The second-order valence-electron chi connectivity index (χ2n) is 8.08. The molecule has 0 radical (unpaired) electrons. The van der Waals surface area contributed by atoms with Gasteiger partial charge >= 0.3 is 6.36 Å². The zero-order valence-electron chi connectivity index (χ0n) is 16.8. The SMILES string of the molecule is CC(C)(C)C1=CCC(Oc2ccc(-c3ccc(OC(F)(F)F)cc3)cc2O)C(O)=C1. The minimum atomic E-state index is -4.75. The molecule has 0 fully saturated rings. The van der Waals surface area contributed by atoms with Gasteiger partial charge in [0.05, 0.1) is 0 Å². The molecule has 3 rings (SSSR count). The Morgan fingerprint density at radius 3 is 2.10 bits per heavy atom. The fourth-order valence-electron chi connectivity index (χ4n) is 3.10. The summed E-state index contributed by atoms with van der Waals surface area (Å²) < 4.78 is 46.4. The van der Waals surface area contributed by atoms with Gasteiger partial charge in [0.1, 0.15) is 11.5 Å². The van der Waals surface area contributed by atoms with Crippen LogP contribution < -0.4 is 9.47 Å². The molecule has 0 aliphatic heterocycles. The van der Waals surface area contributed by atoms with Gasteiger partial charge in [-0.15, -0.1) is 13.2 Å². The van der Waals surface area contributed by atoms with Gasteiger partial charge in [0.25, 0.3) is 0 Å². The van der Waals surface area contributed by atoms with E-state index in [-0.39, 0.29) is 28.4 Å². The molecule has 1 aliphatic rings. The smallest absolute Gasteiger partial charge is 0.508 e. The van der Waals surface area contributed by atoms with Crippen LogP contribution in [0.1, 0.15) is 27.2 Å². The zero-order valence-corrected chi connectivity index (χ0v) is 16.8. The number of phenolic OH excluding ortho intramolecular Hbond substituents is 1. The fraction of sp³-hybridized carbons (Fsp3) is 0.304. The molecule has 1 atom stereocenters. The number of aromatic hydroxyl groups is 1. The lowest BCUT2D eigenvalue weighted by atomic mass is 9.83. The van der Waals surface area contributed by atoms with Crippen molar-refractivity contribution in [3.63, 3.8) is 0 Å². The van der Waals surface area contributed by atoms with Gasteiger partial charge in [0.2, 0.25) is 0 Å². The Bertz CT molecular complexity index is 967. The molecule has 1 unspecified atom stereocenters. The average molecular weight is 420 g/mol. The lowest BCUT2D eigenvalue weighted by Gasteiger charge is -2.27. The maximum Gasteiger partial charge on any atom is 0.573 e. The van der Waals surface area contributed by atoms with E-state index in [1.807, 2.05) is 6.08 Å². The summed E-state index contributed by atoms with van der Waals surface area (Å²) in [5, 5.41) is 20.7. The van der Waals surface area contributed by atoms with Gasteiger partial charge in [-0.05, 0) is 52.5 Å². The quantitative estimate of drug-likeness (QED) is 0.591. The molecule has 0 spiro atoms. The van der Waals surface area contributed by atoms with E-state index in [0.29, 0.717) is 17.5 Å². The summed E-state index contributed by atoms with van der Waals surface area (Å²) in [7, 11) is 0. The van der Waals surface area contributed by atoms with Crippen LogP contribution in [0.15, 0.2) is 65.9 Å². The third-order valence-corrected chi connectivity index (χ3v) is 4.70. The molecular formula is C23H23F3O4. The number of phenols is 1. The largest absolute Gasteiger partial charge is 0.573 e. The molecule has 0 heterocycles. The Kier molecular flexibility index (Phi) is 5.74. The van der Waals surface area contributed by atoms with Crippen molar-refractivity contribution >= 4 is 0 Å². The summed E-state index contributed by atoms with van der Waals surface area (Å²) in [5.41, 5.74) is 2.11. The van der Waals surface area contributed by atoms with Gasteiger partial charge in [-0.1, -0.05) is 45.0 Å². The third kappa shape index (κ3) is 5.28. The van der Waals surface area contributed by atoms with Crippen LogP contribution in [0.3, 0.4) is 0 Å². The van der Waals surface area contributed by atoms with E-state index in [4.69, 9.17) is 4.74 Å². The molecular weight excluding hydrogens is 397 g/mol. The maximum atomic E-state index is 12.3. The first-order chi connectivity index (χ1) is 13.9. The Balaban J connectivity index is 1.72. The van der Waals surface area contributed by atoms with Crippen molar-refractivity contribution in [2.45, 2.75) is 39.7 Å². The molecule has 0 saturated heterocycles. The predicted molar refractivity (Wildman–Crippen MR) is 108 cm³/mol. The molecule has 2 aromatic rings. The summed E-state index contributed by atoms with van der Waals surface area (Å²) in [6.45, 7) is 6.16. The van der Waals surface area contributed by atoms with Crippen LogP contribution in [-0.4, -0.2) is 22.7 Å². The molecule has 7 heteroatoms. The summed E-state index contributed by atoms with van der Waals surface area (Å²) in [6, 6.07) is 10.0. The molecule has 1 aliphatic carbocycles. The van der Waals surface area contributed by atoms with Crippen molar-refractivity contribution in [1.29, 1.82) is 0 Å². The molecule has 4 nitrogen and oxygen atoms in total. The summed E-state index contributed by atoms with van der Waals surface area (Å²) in [6.07, 6.45) is -1.20. The molecule has 160 valence electrons. The number of aliphatic hydroxyl groups excluding tert-OH is 1. The topological polar surface area (TPSA) is 58.9 Å². The number of hydrogen-bond donors (Lipinski definition) is 2. The standard InChI is InChI=1S/C23H23F3O4/c1-22(2,3)16-7-11-21(19(28)13-16)29-20-10-6-15(12-18(20)27)14-4-8-17(9-5-14)30-23(24,25)26/h4-10,12-13,21,27-28H,11H2,1-3H3. The zero-order chi connectivity index (χ0) is 22.1. The van der Waals surface area contributed by atoms with Crippen molar-refractivity contribution in [3.05, 3.63) is 65.9 Å². The van der Waals surface area contributed by atoms with Crippen molar-refractivity contribution in [2.24, 2.45) is 5.41 Å². The first-order valence-corrected chi connectivity index (χ1v) is 9.39. The highest BCUT2D eigenvalue weighted by atomic mass is 19.4. The van der Waals surface area contributed by atoms with Gasteiger partial charge in [0.15, 0.2) is 17.6 Å². The van der Waals surface area contributed by atoms with E-state index in [0.717, 1.165) is 5.57 Å². The van der Waals surface area contributed by atoms with Crippen LogP contribution in [0.4, 0.5) is 13.2 Å². The highest BCUT2D eigenvalue weighted by molar-refractivity contribution is 5.67. The van der Waals surface area contributed by atoms with E-state index in [9.17, 15) is 23.4 Å². The number of rotatable bonds is 4. The third-order valence-electron chi connectivity index (χ3n) is 4.70. The van der Waals surface area contributed by atoms with E-state index >= 15 is 0 Å². The van der Waals surface area contributed by atoms with Crippen LogP contribution in [0, 0.1) is 5.41 Å². The maximum absolute atomic E-state index is 12.3. The predicted octanol–water partition coefficient (Wildman–Crippen LogP) is 6.52. The van der Waals surface area contributed by atoms with Gasteiger partial charge < -0.3 is 19.7 Å². The number of ether oxygens (including phenoxy) is 2. The van der Waals surface area contributed by atoms with Crippen LogP contribution in [-0.2, 0) is 0 Å². The fourth-order valence-corrected chi connectivity index (χ4v) is 3.10. The van der Waals surface area contributed by atoms with Crippen molar-refractivity contribution in [2.75, 3.05) is 0 Å². The number of aliphatic hydroxyl groups is 1. The number of benzene rings is 2. The van der Waals surface area contributed by atoms with Crippen molar-refractivity contribution in [3.8, 4) is 28.4 Å². The second kappa shape index (κ2) is 7.97. The summed E-state index contributed by atoms with van der Waals surface area (Å²) >= 11 is 0. The lowest BCUT2D eigenvalue weighted by Crippen LogP contribution is -2.23. The second-order valence-corrected chi connectivity index (χ2v) is 8.08. The Morgan fingerprint density at radius 1 is 0.933 bits per heavy atom. The number of halogens is 3. The molecule has 0 aromatic heterocycles. The molecule has 0 amide bonds. The van der Waals surface area contributed by atoms with Gasteiger partial charge in [-0.25, -0.2) is 0 Å². The van der Waals surface area contributed by atoms with Crippen molar-refractivity contribution in [1.82, 2.24) is 0 Å². The number of hydrogen-bond acceptors (Lipinski definition) is 4. The highest BCUT2D eigenvalue weighted by Gasteiger charge is 2.31. The van der Waals surface area contributed by atoms with Crippen molar-refractivity contribution < 1.29 is 32.9 Å². The monoisotopic (exact) mass is 420 g/mol. The molecule has 2 aromatic carbocycles. The first kappa shape index (κ1) is 21.6. The Morgan fingerprint density at radius 2 is 1.57 bits per heavy atom. The Labute approximate surface area is 172 Å². The van der Waals surface area contributed by atoms with E-state index < -0.39 is 12.5 Å². The number of alkyl halides is 3. The van der Waals surface area contributed by atoms with Gasteiger partial charge in [-0.3, -0.25) is 0 Å². The minimum absolute atomic E-state index is 0.0890. The molecule has 30 heavy (non-hydrogen) atoms.